The van der Waals surface area contributed by atoms with Gasteiger partial charge in [0.1, 0.15) is 0 Å². The molecule has 1 fully saturated rings. The maximum Gasteiger partial charge on any atom is 0.317 e. The van der Waals surface area contributed by atoms with Gasteiger partial charge in [-0.05, 0) is 12.1 Å². The molecular weight excluding hydrogens is 206 g/mol. The van der Waals surface area contributed by atoms with Crippen molar-refractivity contribution in [2.24, 2.45) is 0 Å². The van der Waals surface area contributed by atoms with Crippen molar-refractivity contribution in [3.63, 3.8) is 0 Å². The van der Waals surface area contributed by atoms with E-state index >= 15 is 0 Å². The highest BCUT2D eigenvalue weighted by Gasteiger charge is 2.17. The van der Waals surface area contributed by atoms with Gasteiger partial charge in [0.2, 0.25) is 0 Å². The lowest BCUT2D eigenvalue weighted by molar-refractivity contribution is 0.217. The van der Waals surface area contributed by atoms with Crippen LogP contribution in [-0.2, 0) is 6.54 Å². The molecule has 2 rings (SSSR count). The molecule has 6 nitrogen and oxygen atoms in total. The summed E-state index contributed by atoms with van der Waals surface area (Å²) in [5.74, 6) is 0. The van der Waals surface area contributed by atoms with Crippen LogP contribution in [0.4, 0.5) is 4.79 Å². The Morgan fingerprint density at radius 2 is 2.50 bits per heavy atom. The second-order valence-electron chi connectivity index (χ2n) is 3.61. The van der Waals surface area contributed by atoms with Crippen LogP contribution in [0, 0.1) is 0 Å². The highest BCUT2D eigenvalue weighted by Crippen LogP contribution is 1.95. The van der Waals surface area contributed by atoms with E-state index in [1.165, 1.54) is 0 Å². The Balaban J connectivity index is 1.64. The van der Waals surface area contributed by atoms with Crippen molar-refractivity contribution in [2.75, 3.05) is 26.2 Å². The number of nitrogens with zero attached hydrogens (tertiary/aromatic N) is 3. The van der Waals surface area contributed by atoms with Crippen LogP contribution in [0.25, 0.3) is 0 Å². The molecule has 2 heterocycles. The normalized spacial score (nSPS) is 15.2. The fraction of sp³-hybridized carbons (Fsp3) is 0.500. The predicted molar refractivity (Wildman–Crippen MR) is 58.7 cm³/mol. The first-order valence-corrected chi connectivity index (χ1v) is 5.36. The van der Waals surface area contributed by atoms with E-state index in [0.717, 1.165) is 31.9 Å². The summed E-state index contributed by atoms with van der Waals surface area (Å²) in [5, 5.41) is 13.7. The molecule has 2 N–H and O–H groups in total. The third-order valence-electron chi connectivity index (χ3n) is 2.44. The Bertz CT molecular complexity index is 342. The molecule has 0 spiro atoms. The Kier molecular flexibility index (Phi) is 3.66. The second kappa shape index (κ2) is 5.41. The number of amides is 2. The number of urea groups is 1. The number of nitrogens with one attached hydrogen (secondary N) is 2. The summed E-state index contributed by atoms with van der Waals surface area (Å²) < 4.78 is 0. The largest absolute Gasteiger partial charge is 0.336 e. The van der Waals surface area contributed by atoms with Crippen LogP contribution >= 0.6 is 0 Å². The third kappa shape index (κ3) is 2.90. The molecule has 0 aliphatic carbocycles. The van der Waals surface area contributed by atoms with E-state index in [2.05, 4.69) is 20.8 Å². The van der Waals surface area contributed by atoms with Gasteiger partial charge in [-0.1, -0.05) is 0 Å². The van der Waals surface area contributed by atoms with Crippen molar-refractivity contribution in [2.45, 2.75) is 6.54 Å². The van der Waals surface area contributed by atoms with Crippen LogP contribution in [0.1, 0.15) is 5.69 Å². The molecule has 16 heavy (non-hydrogen) atoms. The average molecular weight is 221 g/mol. The van der Waals surface area contributed by atoms with Crippen molar-refractivity contribution >= 4 is 6.03 Å². The van der Waals surface area contributed by atoms with Crippen molar-refractivity contribution < 1.29 is 4.79 Å². The number of hydrogen-bond acceptors (Lipinski definition) is 4. The third-order valence-corrected chi connectivity index (χ3v) is 2.44. The Morgan fingerprint density at radius 3 is 3.19 bits per heavy atom. The molecular formula is C10H15N5O. The monoisotopic (exact) mass is 221 g/mol. The van der Waals surface area contributed by atoms with Crippen molar-refractivity contribution in [1.29, 1.82) is 0 Å². The minimum Gasteiger partial charge on any atom is -0.336 e. The van der Waals surface area contributed by atoms with Crippen molar-refractivity contribution in [3.8, 4) is 0 Å². The van der Waals surface area contributed by atoms with Gasteiger partial charge in [-0.3, -0.25) is 0 Å². The number of carbonyl (C=O) groups is 1. The van der Waals surface area contributed by atoms with Crippen LogP contribution in [0.2, 0.25) is 0 Å². The lowest BCUT2D eigenvalue weighted by Gasteiger charge is -2.13. The maximum absolute atomic E-state index is 11.2. The van der Waals surface area contributed by atoms with Crippen LogP contribution < -0.4 is 10.6 Å². The molecule has 6 heteroatoms. The molecule has 1 aliphatic heterocycles. The minimum atomic E-state index is 0.0290. The zero-order valence-corrected chi connectivity index (χ0v) is 9.02. The van der Waals surface area contributed by atoms with Gasteiger partial charge in [0.15, 0.2) is 0 Å². The number of aromatic nitrogens is 2. The minimum absolute atomic E-state index is 0.0290. The molecule has 1 saturated heterocycles. The van der Waals surface area contributed by atoms with Crippen LogP contribution in [0.5, 0.6) is 0 Å². The summed E-state index contributed by atoms with van der Waals surface area (Å²) in [7, 11) is 0. The number of carbonyl (C=O) groups excluding carboxylic acids is 1. The van der Waals surface area contributed by atoms with E-state index in [1.54, 1.807) is 11.1 Å². The van der Waals surface area contributed by atoms with Gasteiger partial charge in [0.25, 0.3) is 0 Å². The van der Waals surface area contributed by atoms with E-state index in [9.17, 15) is 4.79 Å². The molecule has 0 radical (unpaired) electrons. The van der Waals surface area contributed by atoms with E-state index < -0.39 is 0 Å². The van der Waals surface area contributed by atoms with Gasteiger partial charge in [0.05, 0.1) is 5.69 Å². The molecule has 0 aromatic carbocycles. The van der Waals surface area contributed by atoms with E-state index in [-0.39, 0.29) is 6.03 Å². The molecule has 0 bridgehead atoms. The fourth-order valence-corrected chi connectivity index (χ4v) is 1.58. The van der Waals surface area contributed by atoms with Crippen LogP contribution in [0.3, 0.4) is 0 Å². The van der Waals surface area contributed by atoms with Gasteiger partial charge in [-0.15, -0.1) is 0 Å². The Morgan fingerprint density at radius 1 is 1.56 bits per heavy atom. The zero-order chi connectivity index (χ0) is 11.2. The SMILES string of the molecule is O=C1NCCN1CCNCc1cccnn1. The Labute approximate surface area is 94.0 Å². The standard InChI is InChI=1S/C10H15N5O/c16-10-12-5-7-15(10)6-4-11-8-9-2-1-3-13-14-9/h1-3,11H,4-8H2,(H,12,16). The molecule has 1 aromatic heterocycles. The first kappa shape index (κ1) is 10.8. The summed E-state index contributed by atoms with van der Waals surface area (Å²) in [4.78, 5) is 13.0. The molecule has 0 unspecified atom stereocenters. The van der Waals surface area contributed by atoms with Crippen LogP contribution in [0.15, 0.2) is 18.3 Å². The van der Waals surface area contributed by atoms with E-state index in [1.807, 2.05) is 12.1 Å². The zero-order valence-electron chi connectivity index (χ0n) is 9.02. The smallest absolute Gasteiger partial charge is 0.317 e. The highest BCUT2D eigenvalue weighted by molar-refractivity contribution is 5.76. The van der Waals surface area contributed by atoms with Gasteiger partial charge in [0, 0.05) is 38.9 Å². The quantitative estimate of drug-likeness (QED) is 0.663. The molecule has 86 valence electrons. The average Bonchev–Trinajstić information content (AvgIpc) is 2.72. The lowest BCUT2D eigenvalue weighted by atomic mass is 10.4. The number of rotatable bonds is 5. The first-order valence-electron chi connectivity index (χ1n) is 5.36. The molecule has 1 aliphatic rings. The Hall–Kier alpha value is -1.69. The van der Waals surface area contributed by atoms with Gasteiger partial charge in [-0.2, -0.15) is 10.2 Å². The molecule has 2 amide bonds. The predicted octanol–water partition coefficient (Wildman–Crippen LogP) is -0.409. The summed E-state index contributed by atoms with van der Waals surface area (Å²) >= 11 is 0. The molecule has 1 aromatic rings. The van der Waals surface area contributed by atoms with E-state index in [4.69, 9.17) is 0 Å². The molecule has 0 atom stereocenters. The first-order chi connectivity index (χ1) is 7.86. The van der Waals surface area contributed by atoms with Crippen molar-refractivity contribution in [1.82, 2.24) is 25.7 Å². The van der Waals surface area contributed by atoms with Gasteiger partial charge in [-0.25, -0.2) is 4.79 Å². The summed E-state index contributed by atoms with van der Waals surface area (Å²) in [6, 6.07) is 3.81. The maximum atomic E-state index is 11.2. The van der Waals surface area contributed by atoms with Gasteiger partial charge >= 0.3 is 6.03 Å². The van der Waals surface area contributed by atoms with Gasteiger partial charge < -0.3 is 15.5 Å². The lowest BCUT2D eigenvalue weighted by Crippen LogP contribution is -2.34. The summed E-state index contributed by atoms with van der Waals surface area (Å²) in [6.45, 7) is 3.73. The second-order valence-corrected chi connectivity index (χ2v) is 3.61. The fourth-order valence-electron chi connectivity index (χ4n) is 1.58. The summed E-state index contributed by atoms with van der Waals surface area (Å²) in [5.41, 5.74) is 0.911. The van der Waals surface area contributed by atoms with Crippen molar-refractivity contribution in [3.05, 3.63) is 24.0 Å². The summed E-state index contributed by atoms with van der Waals surface area (Å²) in [6.07, 6.45) is 1.65. The van der Waals surface area contributed by atoms with Crippen LogP contribution in [-0.4, -0.2) is 47.3 Å². The van der Waals surface area contributed by atoms with E-state index in [0.29, 0.717) is 6.54 Å². The topological polar surface area (TPSA) is 70.2 Å². The molecule has 0 saturated carbocycles. The highest BCUT2D eigenvalue weighted by atomic mass is 16.2. The number of hydrogen-bond donors (Lipinski definition) is 2.